The minimum atomic E-state index is 0.536. The Morgan fingerprint density at radius 2 is 0.939 bits per heavy atom. The van der Waals surface area contributed by atoms with Crippen LogP contribution in [0.1, 0.15) is 223 Å². The van der Waals surface area contributed by atoms with E-state index in [0.29, 0.717) is 61.1 Å². The summed E-state index contributed by atoms with van der Waals surface area (Å²) in [5.41, 5.74) is 76.5. The van der Waals surface area contributed by atoms with E-state index in [2.05, 4.69) is 51.4 Å². The molecule has 4 aromatic rings. The Kier molecular flexibility index (Phi) is 47.2. The maximum absolute atomic E-state index is 5.93. The molecule has 8 bridgehead atoms. The molecule has 13 fully saturated rings. The lowest BCUT2D eigenvalue weighted by Gasteiger charge is -2.60. The summed E-state index contributed by atoms with van der Waals surface area (Å²) in [6.07, 6.45) is 44.1. The number of aromatic nitrogens is 1. The van der Waals surface area contributed by atoms with Crippen molar-refractivity contribution < 1.29 is 0 Å². The molecule has 98 heavy (non-hydrogen) atoms. The molecular formula is C83H149ClN14. The first-order valence-corrected chi connectivity index (χ1v) is 39.3. The molecule has 558 valence electrons. The molecule has 13 aliphatic carbocycles. The lowest BCUT2D eigenvalue weighted by molar-refractivity contribution is -0.101. The average Bonchev–Trinajstić information content (AvgIpc) is 1.19. The van der Waals surface area contributed by atoms with E-state index in [-0.39, 0.29) is 0 Å². The molecule has 13 aliphatic rings. The number of benzene rings is 3. The lowest BCUT2D eigenvalue weighted by Crippen LogP contribution is -2.53. The third kappa shape index (κ3) is 38.0. The fraction of sp³-hybridized carbons (Fsp3) is 0.699. The number of fused-ring (bicyclic) bond motifs is 4. The van der Waals surface area contributed by atoms with Crippen molar-refractivity contribution in [3.05, 3.63) is 149 Å². The van der Waals surface area contributed by atoms with E-state index in [9.17, 15) is 0 Å². The topological polar surface area (TPSA) is 351 Å². The molecular weight excluding hydrogens is 1230 g/mol. The Morgan fingerprint density at radius 1 is 0.490 bits per heavy atom. The Balaban J connectivity index is 0.000000279. The SMILES string of the molecule is C=CCN.CC(C)CN.CC1(C)C2CCC(CN)C1C2.NC1CC1.NC1CC2CCC1C2.NC1CCCCC1.NCC12CC3CC(CC(C3)C1)C2.NCC1CC1.NCC1CCCCC1.NCCc1ccccc1.NCc1ccc(Cl)cc1.NCc1ccccc1.NCc1ccncc1. The van der Waals surface area contributed by atoms with Crippen LogP contribution in [0.25, 0.3) is 0 Å². The molecule has 14 nitrogen and oxygen atoms in total. The maximum Gasteiger partial charge on any atom is 0.0406 e. The van der Waals surface area contributed by atoms with Crippen LogP contribution in [0.4, 0.5) is 0 Å². The molecule has 0 spiro atoms. The summed E-state index contributed by atoms with van der Waals surface area (Å²) < 4.78 is 0. The van der Waals surface area contributed by atoms with E-state index < -0.39 is 0 Å². The van der Waals surface area contributed by atoms with E-state index in [1.165, 1.54) is 184 Å². The first kappa shape index (κ1) is 88.5. The van der Waals surface area contributed by atoms with Gasteiger partial charge in [-0.2, -0.15) is 0 Å². The first-order valence-electron chi connectivity index (χ1n) is 38.9. The number of pyridine rings is 1. The number of hydrogen-bond acceptors (Lipinski definition) is 14. The second-order valence-corrected chi connectivity index (χ2v) is 31.7. The molecule has 6 atom stereocenters. The number of halogens is 1. The van der Waals surface area contributed by atoms with Gasteiger partial charge in [-0.05, 0) is 297 Å². The van der Waals surface area contributed by atoms with Crippen LogP contribution in [-0.2, 0) is 26.1 Å². The van der Waals surface area contributed by atoms with E-state index in [1.54, 1.807) is 18.5 Å². The van der Waals surface area contributed by atoms with Crippen molar-refractivity contribution in [2.24, 2.45) is 150 Å². The van der Waals surface area contributed by atoms with Gasteiger partial charge in [0, 0.05) is 61.7 Å². The van der Waals surface area contributed by atoms with Crippen LogP contribution in [0.15, 0.2) is 122 Å². The van der Waals surface area contributed by atoms with Crippen LogP contribution >= 0.6 is 11.6 Å². The number of nitrogens with zero attached hydrogens (tertiary/aromatic N) is 1. The van der Waals surface area contributed by atoms with Crippen LogP contribution in [-0.4, -0.2) is 68.9 Å². The third-order valence-corrected chi connectivity index (χ3v) is 22.4. The van der Waals surface area contributed by atoms with Crippen molar-refractivity contribution in [3.8, 4) is 0 Å². The summed E-state index contributed by atoms with van der Waals surface area (Å²) >= 11 is 5.63. The van der Waals surface area contributed by atoms with Gasteiger partial charge >= 0.3 is 0 Å². The Bertz CT molecular complexity index is 2410. The van der Waals surface area contributed by atoms with E-state index in [4.69, 9.17) is 86.1 Å². The Hall–Kier alpha value is -3.68. The summed E-state index contributed by atoms with van der Waals surface area (Å²) in [6.45, 7) is 20.1. The van der Waals surface area contributed by atoms with Gasteiger partial charge < -0.3 is 74.5 Å². The molecule has 3 aromatic carbocycles. The van der Waals surface area contributed by atoms with E-state index in [0.717, 1.165) is 121 Å². The molecule has 15 heteroatoms. The predicted molar refractivity (Wildman–Crippen MR) is 424 cm³/mol. The Morgan fingerprint density at radius 3 is 1.21 bits per heavy atom. The standard InChI is InChI=1S/C11H19N.C10H19N.C8H11N.C7H8ClN.C7H13N.C7H15N.C7H9N.C6H8N2.C6H13N.C4H9N.C4H11N.2C3H7N/c12-7-11-4-8-1-9(5-11)3-10(2-8)6-11;1-10(2)8-4-3-7(6-11)9(10)5-8;9-7-6-8-4-2-1-3-5-8;8-7-3-1-6(5-9)2-4-7;8-7-4-5-1-2-6(7)3-5;2*8-6-7-4-2-1-3-5-7;7-5-6-1-3-8-4-2-6;7-6-4-2-1-3-5-6;5-3-4-1-2-4;1-4(2)3-5;4-3-1-2-3;1-2-3-4/h8-10H,1-7,12H2;7-9H,3-6,11H2,1-2H3;1-5H,6-7,9H2;1-4H,5,9H2;5-7H,1-4,8H2;7H,1-6,8H2;1-5H,6,8H2;1-4H,5,7H2;6H,1-5,7H2;4H,1-3,5H2;4H,3,5H2,1-2H3;3H,1-2,4H2;2H,1,3-4H2. The van der Waals surface area contributed by atoms with Gasteiger partial charge in [-0.15, -0.1) is 6.58 Å². The average molecular weight is 1380 g/mol. The van der Waals surface area contributed by atoms with Gasteiger partial charge in [0.05, 0.1) is 0 Å². The molecule has 0 radical (unpaired) electrons. The summed E-state index contributed by atoms with van der Waals surface area (Å²) in [5.74, 6) is 10.4. The quantitative estimate of drug-likeness (QED) is 0.0621. The van der Waals surface area contributed by atoms with Crippen LogP contribution in [0.3, 0.4) is 0 Å². The van der Waals surface area contributed by atoms with Gasteiger partial charge in [0.1, 0.15) is 0 Å². The number of rotatable bonds is 11. The van der Waals surface area contributed by atoms with Gasteiger partial charge in [0.25, 0.3) is 0 Å². The lowest BCUT2D eigenvalue weighted by atomic mass is 9.45. The van der Waals surface area contributed by atoms with Gasteiger partial charge in [-0.3, -0.25) is 4.98 Å². The zero-order valence-corrected chi connectivity index (χ0v) is 63.2. The highest BCUT2D eigenvalue weighted by Gasteiger charge is 2.53. The molecule has 26 N–H and O–H groups in total. The first-order chi connectivity index (χ1) is 47.3. The summed E-state index contributed by atoms with van der Waals surface area (Å²) in [4.78, 5) is 3.84. The van der Waals surface area contributed by atoms with Crippen LogP contribution in [0.5, 0.6) is 0 Å². The molecule has 0 saturated heterocycles. The number of hydrogen-bond donors (Lipinski definition) is 13. The van der Waals surface area contributed by atoms with Gasteiger partial charge in [-0.1, -0.05) is 163 Å². The highest BCUT2D eigenvalue weighted by molar-refractivity contribution is 6.30. The summed E-state index contributed by atoms with van der Waals surface area (Å²) in [6, 6.07) is 33.3. The van der Waals surface area contributed by atoms with Gasteiger partial charge in [-0.25, -0.2) is 0 Å². The van der Waals surface area contributed by atoms with E-state index >= 15 is 0 Å². The fourth-order valence-corrected chi connectivity index (χ4v) is 15.8. The second kappa shape index (κ2) is 52.3. The minimum Gasteiger partial charge on any atom is -0.330 e. The highest BCUT2D eigenvalue weighted by Crippen LogP contribution is 2.61. The third-order valence-electron chi connectivity index (χ3n) is 22.2. The Labute approximate surface area is 604 Å². The van der Waals surface area contributed by atoms with Crippen molar-refractivity contribution in [1.82, 2.24) is 4.98 Å². The van der Waals surface area contributed by atoms with Gasteiger partial charge in [0.2, 0.25) is 0 Å². The minimum absolute atomic E-state index is 0.536. The molecule has 1 aromatic heterocycles. The van der Waals surface area contributed by atoms with Crippen molar-refractivity contribution in [2.75, 3.05) is 45.8 Å². The second-order valence-electron chi connectivity index (χ2n) is 31.3. The molecule has 0 aliphatic heterocycles. The van der Waals surface area contributed by atoms with Crippen LogP contribution in [0.2, 0.25) is 5.02 Å². The zero-order valence-electron chi connectivity index (χ0n) is 62.5. The van der Waals surface area contributed by atoms with Crippen LogP contribution < -0.4 is 74.5 Å². The summed E-state index contributed by atoms with van der Waals surface area (Å²) in [5, 5.41) is 0.757. The zero-order chi connectivity index (χ0) is 72.0. The largest absolute Gasteiger partial charge is 0.330 e. The summed E-state index contributed by atoms with van der Waals surface area (Å²) in [7, 11) is 0. The van der Waals surface area contributed by atoms with E-state index in [1.807, 2.05) is 84.9 Å². The number of nitrogens with two attached hydrogens (primary N) is 13. The fourth-order valence-electron chi connectivity index (χ4n) is 15.7. The predicted octanol–water partition coefficient (Wildman–Crippen LogP) is 14.0. The molecule has 13 saturated carbocycles. The normalized spacial score (nSPS) is 26.4. The monoisotopic (exact) mass is 1380 g/mol. The highest BCUT2D eigenvalue weighted by atomic mass is 35.5. The molecule has 0 amide bonds. The maximum atomic E-state index is 5.93. The molecule has 17 rings (SSSR count). The molecule has 1 heterocycles. The smallest absolute Gasteiger partial charge is 0.0406 e. The molecule has 6 unspecified atom stereocenters. The van der Waals surface area contributed by atoms with Crippen molar-refractivity contribution in [2.45, 2.75) is 245 Å². The van der Waals surface area contributed by atoms with Crippen LogP contribution in [0, 0.1) is 75.9 Å². The van der Waals surface area contributed by atoms with Crippen molar-refractivity contribution in [1.29, 1.82) is 0 Å². The van der Waals surface area contributed by atoms with Crippen molar-refractivity contribution >= 4 is 11.6 Å². The van der Waals surface area contributed by atoms with Gasteiger partial charge in [0.15, 0.2) is 0 Å². The van der Waals surface area contributed by atoms with Crippen molar-refractivity contribution in [3.63, 3.8) is 0 Å².